The van der Waals surface area contributed by atoms with Crippen molar-refractivity contribution in [3.63, 3.8) is 0 Å². The smallest absolute Gasteiger partial charge is 0.324 e. The van der Waals surface area contributed by atoms with Crippen LogP contribution in [0.3, 0.4) is 0 Å². The first kappa shape index (κ1) is 18.9. The van der Waals surface area contributed by atoms with Gasteiger partial charge < -0.3 is 10.1 Å². The molecule has 5 nitrogen and oxygen atoms in total. The lowest BCUT2D eigenvalue weighted by Gasteiger charge is -2.13. The van der Waals surface area contributed by atoms with E-state index in [9.17, 15) is 4.79 Å². The Morgan fingerprint density at radius 2 is 1.65 bits per heavy atom. The van der Waals surface area contributed by atoms with Crippen molar-refractivity contribution in [2.45, 2.75) is 13.0 Å². The number of benzene rings is 3. The van der Waals surface area contributed by atoms with Crippen molar-refractivity contribution in [2.75, 3.05) is 10.6 Å². The fourth-order valence-electron chi connectivity index (χ4n) is 3.81. The van der Waals surface area contributed by atoms with Gasteiger partial charge in [-0.15, -0.1) is 0 Å². The van der Waals surface area contributed by atoms with Crippen LogP contribution >= 0.6 is 0 Å². The molecule has 1 aliphatic carbocycles. The molecular weight excluding hydrogens is 386 g/mol. The molecule has 0 saturated carbocycles. The molecular formula is C26H21N3O2. The Hall–Kier alpha value is -4.12. The molecule has 0 atom stereocenters. The van der Waals surface area contributed by atoms with Gasteiger partial charge in [0.2, 0.25) is 0 Å². The van der Waals surface area contributed by atoms with Crippen molar-refractivity contribution in [2.24, 2.45) is 0 Å². The summed E-state index contributed by atoms with van der Waals surface area (Å²) in [6.45, 7) is 0.396. The highest BCUT2D eigenvalue weighted by atomic mass is 16.5. The Morgan fingerprint density at radius 3 is 2.55 bits per heavy atom. The normalized spacial score (nSPS) is 11.4. The van der Waals surface area contributed by atoms with Crippen LogP contribution < -0.4 is 15.4 Å². The van der Waals surface area contributed by atoms with Crippen molar-refractivity contribution in [3.8, 4) is 16.9 Å². The highest BCUT2D eigenvalue weighted by molar-refractivity contribution is 6.00. The van der Waals surface area contributed by atoms with Crippen LogP contribution in [0.15, 0.2) is 91.1 Å². The summed E-state index contributed by atoms with van der Waals surface area (Å²) in [5, 5.41) is 5.70. The molecule has 3 aromatic carbocycles. The van der Waals surface area contributed by atoms with E-state index in [1.165, 1.54) is 16.7 Å². The number of fused-ring (bicyclic) bond motifs is 3. The minimum Gasteiger partial charge on any atom is -0.485 e. The zero-order chi connectivity index (χ0) is 21.0. The van der Waals surface area contributed by atoms with E-state index in [0.717, 1.165) is 23.2 Å². The number of urea groups is 1. The van der Waals surface area contributed by atoms with E-state index >= 15 is 0 Å². The molecule has 0 spiro atoms. The molecule has 0 bridgehead atoms. The molecule has 1 aromatic heterocycles. The van der Waals surface area contributed by atoms with Crippen molar-refractivity contribution in [1.82, 2.24) is 4.98 Å². The van der Waals surface area contributed by atoms with Gasteiger partial charge in [0.25, 0.3) is 0 Å². The maximum atomic E-state index is 12.6. The number of amides is 2. The lowest BCUT2D eigenvalue weighted by molar-refractivity contribution is 0.261. The van der Waals surface area contributed by atoms with Crippen LogP contribution in [0.5, 0.6) is 5.75 Å². The number of rotatable bonds is 5. The first-order chi connectivity index (χ1) is 15.3. The second-order valence-electron chi connectivity index (χ2n) is 7.41. The fourth-order valence-corrected chi connectivity index (χ4v) is 3.81. The van der Waals surface area contributed by atoms with Gasteiger partial charge in [-0.05, 0) is 58.5 Å². The van der Waals surface area contributed by atoms with Gasteiger partial charge in [-0.3, -0.25) is 5.32 Å². The molecule has 2 N–H and O–H groups in total. The molecule has 0 radical (unpaired) electrons. The molecule has 0 unspecified atom stereocenters. The zero-order valence-corrected chi connectivity index (χ0v) is 16.8. The SMILES string of the molecule is O=C(Nc1ccc2c(c1)-c1ccccc1C2)Nc1ncccc1OCc1ccccc1. The second kappa shape index (κ2) is 8.32. The van der Waals surface area contributed by atoms with Crippen LogP contribution in [-0.2, 0) is 13.0 Å². The molecule has 2 amide bonds. The zero-order valence-electron chi connectivity index (χ0n) is 16.8. The highest BCUT2D eigenvalue weighted by Crippen LogP contribution is 2.37. The molecule has 1 aliphatic rings. The third-order valence-corrected chi connectivity index (χ3v) is 5.30. The van der Waals surface area contributed by atoms with Gasteiger partial charge in [0.1, 0.15) is 6.61 Å². The lowest BCUT2D eigenvalue weighted by Crippen LogP contribution is -2.20. The molecule has 152 valence electrons. The lowest BCUT2D eigenvalue weighted by atomic mass is 10.1. The number of carbonyl (C=O) groups is 1. The van der Waals surface area contributed by atoms with Gasteiger partial charge in [-0.1, -0.05) is 60.7 Å². The Balaban J connectivity index is 1.28. The Morgan fingerprint density at radius 1 is 0.839 bits per heavy atom. The van der Waals surface area contributed by atoms with E-state index < -0.39 is 0 Å². The molecule has 5 rings (SSSR count). The van der Waals surface area contributed by atoms with Crippen molar-refractivity contribution in [3.05, 3.63) is 108 Å². The van der Waals surface area contributed by atoms with E-state index in [1.807, 2.05) is 48.5 Å². The van der Waals surface area contributed by atoms with Crippen molar-refractivity contribution >= 4 is 17.5 Å². The van der Waals surface area contributed by atoms with Gasteiger partial charge in [-0.2, -0.15) is 0 Å². The monoisotopic (exact) mass is 407 g/mol. The number of aromatic nitrogens is 1. The van der Waals surface area contributed by atoms with E-state index in [1.54, 1.807) is 18.3 Å². The predicted octanol–water partition coefficient (Wildman–Crippen LogP) is 5.88. The standard InChI is InChI=1S/C26H21N3O2/c30-26(28-21-13-12-20-15-19-9-4-5-10-22(19)23(20)16-21)29-25-24(11-6-14-27-25)31-17-18-7-2-1-3-8-18/h1-14,16H,15,17H2,(H2,27,28,29,30). The summed E-state index contributed by atoms with van der Waals surface area (Å²) >= 11 is 0. The number of carbonyl (C=O) groups excluding carboxylic acids is 1. The number of hydrogen-bond donors (Lipinski definition) is 2. The van der Waals surface area contributed by atoms with E-state index in [4.69, 9.17) is 4.74 Å². The number of ether oxygens (including phenoxy) is 1. The average molecular weight is 407 g/mol. The molecule has 0 fully saturated rings. The van der Waals surface area contributed by atoms with Gasteiger partial charge in [0.15, 0.2) is 11.6 Å². The van der Waals surface area contributed by atoms with Gasteiger partial charge in [-0.25, -0.2) is 9.78 Å². The minimum atomic E-state index is -0.366. The van der Waals surface area contributed by atoms with Gasteiger partial charge in [0, 0.05) is 11.9 Å². The van der Waals surface area contributed by atoms with Crippen LogP contribution in [-0.4, -0.2) is 11.0 Å². The Kier molecular flexibility index (Phi) is 5.07. The number of nitrogens with zero attached hydrogens (tertiary/aromatic N) is 1. The first-order valence-electron chi connectivity index (χ1n) is 10.2. The highest BCUT2D eigenvalue weighted by Gasteiger charge is 2.18. The third-order valence-electron chi connectivity index (χ3n) is 5.30. The van der Waals surface area contributed by atoms with Gasteiger partial charge >= 0.3 is 6.03 Å². The van der Waals surface area contributed by atoms with E-state index in [-0.39, 0.29) is 6.03 Å². The summed E-state index contributed by atoms with van der Waals surface area (Å²) in [5.41, 5.74) is 6.75. The summed E-state index contributed by atoms with van der Waals surface area (Å²) in [5.74, 6) is 0.895. The van der Waals surface area contributed by atoms with Gasteiger partial charge in [0.05, 0.1) is 0 Å². The average Bonchev–Trinajstić information content (AvgIpc) is 3.17. The molecule has 1 heterocycles. The number of hydrogen-bond acceptors (Lipinski definition) is 3. The predicted molar refractivity (Wildman–Crippen MR) is 122 cm³/mol. The topological polar surface area (TPSA) is 63.2 Å². The van der Waals surface area contributed by atoms with Crippen LogP contribution in [0.2, 0.25) is 0 Å². The third kappa shape index (κ3) is 4.12. The van der Waals surface area contributed by atoms with Crippen molar-refractivity contribution in [1.29, 1.82) is 0 Å². The van der Waals surface area contributed by atoms with E-state index in [0.29, 0.717) is 18.2 Å². The maximum absolute atomic E-state index is 12.6. The van der Waals surface area contributed by atoms with E-state index in [2.05, 4.69) is 39.9 Å². The largest absolute Gasteiger partial charge is 0.485 e. The number of pyridine rings is 1. The minimum absolute atomic E-state index is 0.366. The molecule has 31 heavy (non-hydrogen) atoms. The molecule has 0 saturated heterocycles. The number of anilines is 2. The molecule has 0 aliphatic heterocycles. The summed E-state index contributed by atoms with van der Waals surface area (Å²) in [7, 11) is 0. The molecule has 4 aromatic rings. The summed E-state index contributed by atoms with van der Waals surface area (Å²) < 4.78 is 5.87. The van der Waals surface area contributed by atoms with Crippen LogP contribution in [0.25, 0.3) is 11.1 Å². The fraction of sp³-hybridized carbons (Fsp3) is 0.0769. The van der Waals surface area contributed by atoms with Crippen LogP contribution in [0.1, 0.15) is 16.7 Å². The Bertz CT molecular complexity index is 1240. The Labute approximate surface area is 180 Å². The first-order valence-corrected chi connectivity index (χ1v) is 10.2. The van der Waals surface area contributed by atoms with Crippen LogP contribution in [0.4, 0.5) is 16.3 Å². The van der Waals surface area contributed by atoms with Crippen LogP contribution in [0, 0.1) is 0 Å². The van der Waals surface area contributed by atoms with Crippen molar-refractivity contribution < 1.29 is 9.53 Å². The molecule has 5 heteroatoms. The second-order valence-corrected chi connectivity index (χ2v) is 7.41. The summed E-state index contributed by atoms with van der Waals surface area (Å²) in [6.07, 6.45) is 2.55. The maximum Gasteiger partial charge on any atom is 0.324 e. The summed E-state index contributed by atoms with van der Waals surface area (Å²) in [6, 6.07) is 27.4. The quantitative estimate of drug-likeness (QED) is 0.383. The summed E-state index contributed by atoms with van der Waals surface area (Å²) in [4.78, 5) is 16.9. The number of nitrogens with one attached hydrogen (secondary N) is 2.